The zero-order valence-electron chi connectivity index (χ0n) is 20.1. The lowest BCUT2D eigenvalue weighted by molar-refractivity contribution is -0.140. The number of aryl methyl sites for hydroxylation is 1. The highest BCUT2D eigenvalue weighted by molar-refractivity contribution is 6.38. The quantitative estimate of drug-likeness (QED) is 0.462. The van der Waals surface area contributed by atoms with E-state index in [1.54, 1.807) is 20.0 Å². The van der Waals surface area contributed by atoms with E-state index in [1.807, 2.05) is 30.3 Å². The van der Waals surface area contributed by atoms with E-state index in [4.69, 9.17) is 4.74 Å². The third-order valence-electron chi connectivity index (χ3n) is 5.91. The predicted molar refractivity (Wildman–Crippen MR) is 128 cm³/mol. The largest absolute Gasteiger partial charge is 0.445 e. The molecule has 2 heterocycles. The van der Waals surface area contributed by atoms with Crippen molar-refractivity contribution in [3.8, 4) is 0 Å². The summed E-state index contributed by atoms with van der Waals surface area (Å²) in [5.74, 6) is -2.34. The molecule has 0 bridgehead atoms. The average Bonchev–Trinajstić information content (AvgIpc) is 3.28. The number of aromatic amines is 1. The molecule has 0 aliphatic carbocycles. The third-order valence-corrected chi connectivity index (χ3v) is 5.91. The summed E-state index contributed by atoms with van der Waals surface area (Å²) in [4.78, 5) is 50.9. The van der Waals surface area contributed by atoms with Crippen molar-refractivity contribution in [3.05, 3.63) is 53.3 Å². The van der Waals surface area contributed by atoms with Crippen LogP contribution < -0.4 is 16.0 Å². The zero-order chi connectivity index (χ0) is 25.2. The first-order chi connectivity index (χ1) is 16.8. The van der Waals surface area contributed by atoms with Gasteiger partial charge in [-0.05, 0) is 36.3 Å². The van der Waals surface area contributed by atoms with Crippen LogP contribution in [0, 0.1) is 5.92 Å². The van der Waals surface area contributed by atoms with Gasteiger partial charge < -0.3 is 20.7 Å². The van der Waals surface area contributed by atoms with Crippen LogP contribution in [-0.4, -0.2) is 52.5 Å². The van der Waals surface area contributed by atoms with Crippen molar-refractivity contribution in [1.82, 2.24) is 26.1 Å². The lowest BCUT2D eigenvalue weighted by Gasteiger charge is -2.25. The highest BCUT2D eigenvalue weighted by Gasteiger charge is 2.32. The summed E-state index contributed by atoms with van der Waals surface area (Å²) in [5.41, 5.74) is 2.48. The number of carbonyl (C=O) groups is 4. The van der Waals surface area contributed by atoms with Crippen molar-refractivity contribution in [2.45, 2.75) is 64.6 Å². The molecule has 35 heavy (non-hydrogen) atoms. The number of nitrogens with one attached hydrogen (secondary N) is 4. The number of aromatic nitrogens is 2. The maximum absolute atomic E-state index is 13.2. The Balaban J connectivity index is 1.70. The van der Waals surface area contributed by atoms with Crippen LogP contribution in [0.15, 0.2) is 36.5 Å². The standard InChI is InChI=1S/C25H33N5O5/c1-16(2)21(29-25(34)35-15-17-9-5-3-6-10-17)23(32)28-20-13-18-14-27-30-19(18)11-7-4-8-12-26-24(33)22(20)31/h3,5-6,9-10,14,16,20-21H,4,7-8,11-13,15H2,1-2H3,(H,26,33)(H,27,30)(H,28,32)(H,29,34). The fourth-order valence-corrected chi connectivity index (χ4v) is 3.90. The van der Waals surface area contributed by atoms with Gasteiger partial charge in [0.05, 0.1) is 6.20 Å². The smallest absolute Gasteiger partial charge is 0.408 e. The molecule has 1 aliphatic heterocycles. The minimum absolute atomic E-state index is 0.0592. The Hall–Kier alpha value is -3.69. The highest BCUT2D eigenvalue weighted by Crippen LogP contribution is 2.14. The fourth-order valence-electron chi connectivity index (χ4n) is 3.90. The Morgan fingerprint density at radius 1 is 1.14 bits per heavy atom. The zero-order valence-corrected chi connectivity index (χ0v) is 20.1. The Labute approximate surface area is 204 Å². The van der Waals surface area contributed by atoms with E-state index < -0.39 is 35.8 Å². The van der Waals surface area contributed by atoms with Gasteiger partial charge in [-0.25, -0.2) is 4.79 Å². The number of amides is 3. The van der Waals surface area contributed by atoms with E-state index in [0.29, 0.717) is 6.54 Å². The molecule has 1 aromatic heterocycles. The topological polar surface area (TPSA) is 142 Å². The van der Waals surface area contributed by atoms with Crippen molar-refractivity contribution in [2.24, 2.45) is 5.92 Å². The lowest BCUT2D eigenvalue weighted by atomic mass is 9.97. The SMILES string of the molecule is CC(C)C(NC(=O)OCc1ccccc1)C(=O)NC1Cc2cn[nH]c2CCCCCNC(=O)C1=O. The summed E-state index contributed by atoms with van der Waals surface area (Å²) in [6, 6.07) is 7.12. The Morgan fingerprint density at radius 3 is 2.66 bits per heavy atom. The molecule has 10 heteroatoms. The first kappa shape index (κ1) is 25.9. The van der Waals surface area contributed by atoms with Gasteiger partial charge in [0.25, 0.3) is 5.91 Å². The van der Waals surface area contributed by atoms with Crippen LogP contribution in [-0.2, 0) is 38.6 Å². The number of alkyl carbamates (subject to hydrolysis) is 1. The summed E-state index contributed by atoms with van der Waals surface area (Å²) >= 11 is 0. The fraction of sp³-hybridized carbons (Fsp3) is 0.480. The molecule has 1 aliphatic rings. The molecule has 2 unspecified atom stereocenters. The van der Waals surface area contributed by atoms with Crippen LogP contribution in [0.25, 0.3) is 0 Å². The third kappa shape index (κ3) is 7.66. The van der Waals surface area contributed by atoms with Gasteiger partial charge in [-0.1, -0.05) is 50.6 Å². The van der Waals surface area contributed by atoms with E-state index >= 15 is 0 Å². The number of H-pyrrole nitrogens is 1. The van der Waals surface area contributed by atoms with Crippen LogP contribution in [0.4, 0.5) is 4.79 Å². The monoisotopic (exact) mass is 483 g/mol. The molecule has 0 radical (unpaired) electrons. The van der Waals surface area contributed by atoms with Crippen molar-refractivity contribution in [3.63, 3.8) is 0 Å². The Kier molecular flexibility index (Phi) is 9.39. The number of hydrogen-bond acceptors (Lipinski definition) is 6. The summed E-state index contributed by atoms with van der Waals surface area (Å²) in [5, 5.41) is 14.9. The number of Topliss-reactive ketones (excluding diaryl/α,β-unsaturated/α-hetero) is 1. The molecule has 3 rings (SSSR count). The second-order valence-corrected chi connectivity index (χ2v) is 9.00. The summed E-state index contributed by atoms with van der Waals surface area (Å²) in [6.07, 6.45) is 4.33. The number of ether oxygens (including phenoxy) is 1. The van der Waals surface area contributed by atoms with E-state index in [-0.39, 0.29) is 18.9 Å². The highest BCUT2D eigenvalue weighted by atomic mass is 16.5. The van der Waals surface area contributed by atoms with Gasteiger partial charge >= 0.3 is 6.09 Å². The molecule has 10 nitrogen and oxygen atoms in total. The summed E-state index contributed by atoms with van der Waals surface area (Å²) in [6.45, 7) is 3.99. The predicted octanol–water partition coefficient (Wildman–Crippen LogP) is 1.80. The van der Waals surface area contributed by atoms with Gasteiger partial charge in [0, 0.05) is 18.7 Å². The first-order valence-corrected chi connectivity index (χ1v) is 12.0. The molecular weight excluding hydrogens is 450 g/mol. The van der Waals surface area contributed by atoms with Crippen molar-refractivity contribution >= 4 is 23.7 Å². The number of rotatable bonds is 6. The number of hydrogen-bond donors (Lipinski definition) is 4. The minimum atomic E-state index is -1.10. The van der Waals surface area contributed by atoms with Crippen LogP contribution >= 0.6 is 0 Å². The van der Waals surface area contributed by atoms with Crippen LogP contribution in [0.1, 0.15) is 49.9 Å². The maximum atomic E-state index is 13.2. The normalized spacial score (nSPS) is 17.9. The molecule has 0 fully saturated rings. The number of nitrogens with zero attached hydrogens (tertiary/aromatic N) is 1. The molecule has 3 amide bonds. The van der Waals surface area contributed by atoms with Crippen LogP contribution in [0.2, 0.25) is 0 Å². The molecule has 2 atom stereocenters. The molecular formula is C25H33N5O5. The molecule has 0 spiro atoms. The van der Waals surface area contributed by atoms with Crippen molar-refractivity contribution < 1.29 is 23.9 Å². The Bertz CT molecular complexity index is 1020. The Morgan fingerprint density at radius 2 is 1.91 bits per heavy atom. The van der Waals surface area contributed by atoms with Gasteiger partial charge in [-0.3, -0.25) is 19.5 Å². The van der Waals surface area contributed by atoms with Gasteiger partial charge in [0.15, 0.2) is 0 Å². The molecule has 4 N–H and O–H groups in total. The number of carbonyl (C=O) groups excluding carboxylic acids is 4. The lowest BCUT2D eigenvalue weighted by Crippen LogP contribution is -2.56. The van der Waals surface area contributed by atoms with Gasteiger partial charge in [-0.2, -0.15) is 5.10 Å². The van der Waals surface area contributed by atoms with Gasteiger partial charge in [0.2, 0.25) is 11.7 Å². The molecule has 1 aromatic carbocycles. The van der Waals surface area contributed by atoms with Gasteiger partial charge in [0.1, 0.15) is 18.7 Å². The molecule has 0 saturated heterocycles. The maximum Gasteiger partial charge on any atom is 0.408 e. The molecule has 2 aromatic rings. The van der Waals surface area contributed by atoms with Crippen molar-refractivity contribution in [2.75, 3.05) is 6.54 Å². The van der Waals surface area contributed by atoms with E-state index in [0.717, 1.165) is 42.5 Å². The minimum Gasteiger partial charge on any atom is -0.445 e. The van der Waals surface area contributed by atoms with E-state index in [9.17, 15) is 19.2 Å². The summed E-state index contributed by atoms with van der Waals surface area (Å²) in [7, 11) is 0. The van der Waals surface area contributed by atoms with E-state index in [1.165, 1.54) is 0 Å². The number of benzene rings is 1. The average molecular weight is 484 g/mol. The van der Waals surface area contributed by atoms with Crippen LogP contribution in [0.5, 0.6) is 0 Å². The number of fused-ring (bicyclic) bond motifs is 1. The molecule has 188 valence electrons. The second kappa shape index (κ2) is 12.7. The van der Waals surface area contributed by atoms with Crippen molar-refractivity contribution in [1.29, 1.82) is 0 Å². The number of ketones is 1. The summed E-state index contributed by atoms with van der Waals surface area (Å²) < 4.78 is 5.24. The molecule has 0 saturated carbocycles. The van der Waals surface area contributed by atoms with Gasteiger partial charge in [-0.15, -0.1) is 0 Å². The van der Waals surface area contributed by atoms with Crippen LogP contribution in [0.3, 0.4) is 0 Å². The second-order valence-electron chi connectivity index (χ2n) is 9.00. The first-order valence-electron chi connectivity index (χ1n) is 12.0. The van der Waals surface area contributed by atoms with E-state index in [2.05, 4.69) is 26.1 Å².